The Hall–Kier alpha value is -4.53. The van der Waals surface area contributed by atoms with Crippen LogP contribution in [0.25, 0.3) is 16.9 Å². The highest BCUT2D eigenvalue weighted by Gasteiger charge is 2.37. The van der Waals surface area contributed by atoms with E-state index < -0.39 is 5.91 Å². The standard InChI is InChI=1S/C24H27N11O/c1-4-34-12-15(10-27-34)18-13-35-23(29-18)21(17(11-28-35)22(26)36)30-19-7-8-33(14-24(19,2)3)20-6-5-16(9-25)31-32-20/h5-6,10-13,19,30H,4,7-8,14H2,1-3H3,(H2,26,36). The first kappa shape index (κ1) is 23.2. The predicted octanol–water partition coefficient (Wildman–Crippen LogP) is 2.09. The van der Waals surface area contributed by atoms with Crippen LogP contribution in [-0.2, 0) is 6.54 Å². The molecule has 5 heterocycles. The number of amides is 1. The van der Waals surface area contributed by atoms with E-state index in [1.54, 1.807) is 16.8 Å². The van der Waals surface area contributed by atoms with E-state index >= 15 is 0 Å². The van der Waals surface area contributed by atoms with Crippen molar-refractivity contribution in [1.29, 1.82) is 5.26 Å². The van der Waals surface area contributed by atoms with Crippen LogP contribution in [0.15, 0.2) is 36.9 Å². The molecular formula is C24H27N11O. The first-order chi connectivity index (χ1) is 17.3. The lowest BCUT2D eigenvalue weighted by atomic mass is 9.79. The second-order valence-electron chi connectivity index (χ2n) is 9.56. The summed E-state index contributed by atoms with van der Waals surface area (Å²) in [6, 6.07) is 5.51. The number of hydrogen-bond donors (Lipinski definition) is 2. The highest BCUT2D eigenvalue weighted by molar-refractivity contribution is 6.01. The molecule has 1 unspecified atom stereocenters. The number of nitriles is 1. The van der Waals surface area contributed by atoms with E-state index in [-0.39, 0.29) is 17.2 Å². The van der Waals surface area contributed by atoms with Gasteiger partial charge in [0.25, 0.3) is 5.91 Å². The van der Waals surface area contributed by atoms with E-state index in [1.807, 2.05) is 36.1 Å². The fraction of sp³-hybridized carbons (Fsp3) is 0.375. The van der Waals surface area contributed by atoms with E-state index in [0.717, 1.165) is 30.9 Å². The van der Waals surface area contributed by atoms with Gasteiger partial charge in [0.05, 0.1) is 35.5 Å². The Bertz CT molecular complexity index is 1460. The Morgan fingerprint density at radius 3 is 2.72 bits per heavy atom. The van der Waals surface area contributed by atoms with Crippen LogP contribution in [0.3, 0.4) is 0 Å². The fourth-order valence-corrected chi connectivity index (χ4v) is 4.62. The highest BCUT2D eigenvalue weighted by atomic mass is 16.1. The number of aromatic nitrogens is 7. The van der Waals surface area contributed by atoms with Gasteiger partial charge in [0.1, 0.15) is 6.07 Å². The summed E-state index contributed by atoms with van der Waals surface area (Å²) in [7, 11) is 0. The average molecular weight is 486 g/mol. The summed E-state index contributed by atoms with van der Waals surface area (Å²) in [4.78, 5) is 19.3. The number of nitrogens with zero attached hydrogens (tertiary/aromatic N) is 9. The molecule has 0 saturated carbocycles. The van der Waals surface area contributed by atoms with E-state index in [2.05, 4.69) is 44.5 Å². The molecular weight excluding hydrogens is 458 g/mol. The Balaban J connectivity index is 1.45. The largest absolute Gasteiger partial charge is 0.378 e. The van der Waals surface area contributed by atoms with Crippen molar-refractivity contribution >= 4 is 23.1 Å². The number of rotatable bonds is 6. The minimum atomic E-state index is -0.570. The molecule has 3 N–H and O–H groups in total. The molecule has 4 aromatic rings. The third kappa shape index (κ3) is 4.19. The summed E-state index contributed by atoms with van der Waals surface area (Å²) < 4.78 is 3.48. The van der Waals surface area contributed by atoms with Crippen LogP contribution < -0.4 is 16.0 Å². The second kappa shape index (κ2) is 8.92. The van der Waals surface area contributed by atoms with Crippen molar-refractivity contribution in [3.63, 3.8) is 0 Å². The number of piperidine rings is 1. The number of aryl methyl sites for hydroxylation is 1. The van der Waals surface area contributed by atoms with Gasteiger partial charge in [-0.2, -0.15) is 15.5 Å². The number of anilines is 2. The third-order valence-electron chi connectivity index (χ3n) is 6.65. The van der Waals surface area contributed by atoms with Crippen LogP contribution in [0.4, 0.5) is 11.5 Å². The first-order valence-electron chi connectivity index (χ1n) is 11.8. The average Bonchev–Trinajstić information content (AvgIpc) is 3.52. The van der Waals surface area contributed by atoms with Crippen LogP contribution >= 0.6 is 0 Å². The van der Waals surface area contributed by atoms with Gasteiger partial charge in [0.15, 0.2) is 17.2 Å². The summed E-state index contributed by atoms with van der Waals surface area (Å²) in [6.07, 6.45) is 7.76. The lowest BCUT2D eigenvalue weighted by Crippen LogP contribution is -2.52. The molecule has 4 aromatic heterocycles. The lowest BCUT2D eigenvalue weighted by Gasteiger charge is -2.45. The summed E-state index contributed by atoms with van der Waals surface area (Å²) in [6.45, 7) is 8.52. The maximum atomic E-state index is 12.3. The Labute approximate surface area is 207 Å². The van der Waals surface area contributed by atoms with Gasteiger partial charge in [0, 0.05) is 42.9 Å². The molecule has 12 heteroatoms. The van der Waals surface area contributed by atoms with Crippen molar-refractivity contribution in [3.05, 3.63) is 48.2 Å². The van der Waals surface area contributed by atoms with E-state index in [1.165, 1.54) is 6.20 Å². The van der Waals surface area contributed by atoms with Gasteiger partial charge in [0.2, 0.25) is 0 Å². The zero-order chi connectivity index (χ0) is 25.4. The quantitative estimate of drug-likeness (QED) is 0.417. The maximum Gasteiger partial charge on any atom is 0.252 e. The number of fused-ring (bicyclic) bond motifs is 1. The maximum absolute atomic E-state index is 12.3. The van der Waals surface area contributed by atoms with Crippen LogP contribution in [0.1, 0.15) is 43.2 Å². The molecule has 1 aliphatic heterocycles. The zero-order valence-corrected chi connectivity index (χ0v) is 20.4. The van der Waals surface area contributed by atoms with Gasteiger partial charge in [-0.25, -0.2) is 9.50 Å². The van der Waals surface area contributed by atoms with Crippen molar-refractivity contribution in [3.8, 4) is 17.3 Å². The lowest BCUT2D eigenvalue weighted by molar-refractivity contribution is 0.100. The summed E-state index contributed by atoms with van der Waals surface area (Å²) in [5.74, 6) is 0.161. The number of hydrogen-bond acceptors (Lipinski definition) is 9. The Morgan fingerprint density at radius 1 is 1.25 bits per heavy atom. The minimum absolute atomic E-state index is 0.0207. The second-order valence-corrected chi connectivity index (χ2v) is 9.56. The van der Waals surface area contributed by atoms with Crippen LogP contribution in [0.2, 0.25) is 0 Å². The van der Waals surface area contributed by atoms with Gasteiger partial charge >= 0.3 is 0 Å². The van der Waals surface area contributed by atoms with Crippen LogP contribution in [0.5, 0.6) is 0 Å². The van der Waals surface area contributed by atoms with Gasteiger partial charge in [-0.3, -0.25) is 9.48 Å². The van der Waals surface area contributed by atoms with E-state index in [9.17, 15) is 4.79 Å². The smallest absolute Gasteiger partial charge is 0.252 e. The summed E-state index contributed by atoms with van der Waals surface area (Å²) >= 11 is 0. The Kier molecular flexibility index (Phi) is 5.75. The zero-order valence-electron chi connectivity index (χ0n) is 20.4. The summed E-state index contributed by atoms with van der Waals surface area (Å²) in [5.41, 5.74) is 8.77. The van der Waals surface area contributed by atoms with E-state index in [0.29, 0.717) is 29.1 Å². The summed E-state index contributed by atoms with van der Waals surface area (Å²) in [5, 5.41) is 29.4. The molecule has 1 atom stereocenters. The van der Waals surface area contributed by atoms with Gasteiger partial charge in [-0.15, -0.1) is 10.2 Å². The van der Waals surface area contributed by atoms with Crippen molar-refractivity contribution in [2.45, 2.75) is 39.8 Å². The molecule has 5 rings (SSSR count). The normalized spacial score (nSPS) is 17.2. The number of nitrogens with one attached hydrogen (secondary N) is 1. The third-order valence-corrected chi connectivity index (χ3v) is 6.65. The molecule has 0 aromatic carbocycles. The first-order valence-corrected chi connectivity index (χ1v) is 11.8. The van der Waals surface area contributed by atoms with E-state index in [4.69, 9.17) is 16.0 Å². The molecule has 0 radical (unpaired) electrons. The van der Waals surface area contributed by atoms with Crippen molar-refractivity contribution in [2.24, 2.45) is 11.1 Å². The highest BCUT2D eigenvalue weighted by Crippen LogP contribution is 2.35. The van der Waals surface area contributed by atoms with Crippen molar-refractivity contribution in [1.82, 2.24) is 34.6 Å². The molecule has 1 amide bonds. The molecule has 0 bridgehead atoms. The van der Waals surface area contributed by atoms with Crippen molar-refractivity contribution in [2.75, 3.05) is 23.3 Å². The fourth-order valence-electron chi connectivity index (χ4n) is 4.62. The number of carbonyl (C=O) groups is 1. The van der Waals surface area contributed by atoms with Crippen LogP contribution in [0, 0.1) is 16.7 Å². The molecule has 184 valence electrons. The minimum Gasteiger partial charge on any atom is -0.378 e. The predicted molar refractivity (Wildman–Crippen MR) is 133 cm³/mol. The molecule has 1 fully saturated rings. The van der Waals surface area contributed by atoms with Crippen LogP contribution in [-0.4, -0.2) is 59.6 Å². The number of imidazole rings is 1. The van der Waals surface area contributed by atoms with Gasteiger partial charge < -0.3 is 16.0 Å². The molecule has 0 spiro atoms. The number of nitrogens with two attached hydrogens (primary N) is 1. The SMILES string of the molecule is CCn1cc(-c2cn3ncc(C(N)=O)c(NC4CCN(c5ccc(C#N)nn5)CC4(C)C)c3n2)cn1. The topological polar surface area (TPSA) is 156 Å². The number of carbonyl (C=O) groups excluding carboxylic acids is 1. The van der Waals surface area contributed by atoms with Gasteiger partial charge in [-0.05, 0) is 25.5 Å². The van der Waals surface area contributed by atoms with Crippen molar-refractivity contribution < 1.29 is 4.79 Å². The Morgan fingerprint density at radius 2 is 2.08 bits per heavy atom. The number of primary amides is 1. The molecule has 1 aliphatic rings. The molecule has 36 heavy (non-hydrogen) atoms. The van der Waals surface area contributed by atoms with Gasteiger partial charge in [-0.1, -0.05) is 13.8 Å². The molecule has 1 saturated heterocycles. The monoisotopic (exact) mass is 485 g/mol. The molecule has 12 nitrogen and oxygen atoms in total. The molecule has 0 aliphatic carbocycles.